The van der Waals surface area contributed by atoms with E-state index in [1.807, 2.05) is 0 Å². The maximum atomic E-state index is 2.63. The normalized spacial score (nSPS) is 32.0. The Bertz CT molecular complexity index is 606. The van der Waals surface area contributed by atoms with Crippen LogP contribution in [0.15, 0.2) is 58.2 Å². The molecule has 0 N–H and O–H groups in total. The van der Waals surface area contributed by atoms with Crippen molar-refractivity contribution in [3.8, 4) is 0 Å². The molecule has 0 heterocycles. The van der Waals surface area contributed by atoms with Gasteiger partial charge in [0.15, 0.2) is 0 Å². The molecule has 0 bridgehead atoms. The molecule has 0 aromatic carbocycles. The van der Waals surface area contributed by atoms with Crippen molar-refractivity contribution in [3.05, 3.63) is 58.2 Å². The summed E-state index contributed by atoms with van der Waals surface area (Å²) >= 11 is 0. The molecule has 0 heteroatoms. The highest BCUT2D eigenvalue weighted by atomic mass is 14.3. The smallest absolute Gasteiger partial charge is 0.00974 e. The van der Waals surface area contributed by atoms with Crippen LogP contribution in [0.25, 0.3) is 0 Å². The van der Waals surface area contributed by atoms with E-state index in [1.54, 1.807) is 22.3 Å². The van der Waals surface area contributed by atoms with Crippen molar-refractivity contribution in [1.29, 1.82) is 0 Å². The van der Waals surface area contributed by atoms with Gasteiger partial charge in [-0.1, -0.05) is 42.9 Å². The Morgan fingerprint density at radius 1 is 1.04 bits per heavy atom. The summed E-state index contributed by atoms with van der Waals surface area (Å²) in [5.41, 5.74) is 8.33. The number of allylic oxidation sites excluding steroid dienone is 10. The lowest BCUT2D eigenvalue weighted by Gasteiger charge is -2.27. The second-order valence-electron chi connectivity index (χ2n) is 7.82. The van der Waals surface area contributed by atoms with Crippen molar-refractivity contribution < 1.29 is 0 Å². The molecule has 1 unspecified atom stereocenters. The van der Waals surface area contributed by atoms with Gasteiger partial charge < -0.3 is 0 Å². The predicted molar refractivity (Wildman–Crippen MR) is 101 cm³/mol. The molecule has 0 nitrogen and oxygen atoms in total. The highest BCUT2D eigenvalue weighted by Crippen LogP contribution is 2.43. The van der Waals surface area contributed by atoms with Gasteiger partial charge in [0, 0.05) is 0 Å². The van der Waals surface area contributed by atoms with E-state index in [0.29, 0.717) is 5.41 Å². The van der Waals surface area contributed by atoms with Gasteiger partial charge in [0.25, 0.3) is 0 Å². The summed E-state index contributed by atoms with van der Waals surface area (Å²) in [5.74, 6) is 0. The van der Waals surface area contributed by atoms with Gasteiger partial charge in [-0.25, -0.2) is 0 Å². The van der Waals surface area contributed by atoms with Crippen LogP contribution >= 0.6 is 0 Å². The standard InChI is InChI=1S/C23H32/c1-4-18(15-21-11-6-9-19(21)5-2)16-23(3)14-8-13-20-10-7-12-22(20)17-23/h4-5,13,15,17H,6-12,14,16H2,1-3H3/b18-4+,19-5-,21-15-. The molecule has 23 heavy (non-hydrogen) atoms. The molecule has 0 aromatic rings. The minimum absolute atomic E-state index is 0.325. The number of fused-ring (bicyclic) bond motifs is 1. The molecular formula is C23H32. The Morgan fingerprint density at radius 3 is 2.57 bits per heavy atom. The number of hydrogen-bond acceptors (Lipinski definition) is 0. The van der Waals surface area contributed by atoms with Gasteiger partial charge >= 0.3 is 0 Å². The topological polar surface area (TPSA) is 0 Å². The van der Waals surface area contributed by atoms with Crippen LogP contribution in [-0.4, -0.2) is 0 Å². The van der Waals surface area contributed by atoms with E-state index in [0.717, 1.165) is 0 Å². The predicted octanol–water partition coefficient (Wildman–Crippen LogP) is 7.22. The monoisotopic (exact) mass is 308 g/mol. The van der Waals surface area contributed by atoms with Crippen LogP contribution in [0, 0.1) is 5.41 Å². The summed E-state index contributed by atoms with van der Waals surface area (Å²) in [6.45, 7) is 6.87. The first-order chi connectivity index (χ1) is 11.1. The van der Waals surface area contributed by atoms with Crippen molar-refractivity contribution in [2.45, 2.75) is 78.6 Å². The lowest BCUT2D eigenvalue weighted by Crippen LogP contribution is -2.14. The fourth-order valence-electron chi connectivity index (χ4n) is 4.61. The zero-order valence-electron chi connectivity index (χ0n) is 15.3. The summed E-state index contributed by atoms with van der Waals surface area (Å²) < 4.78 is 0. The van der Waals surface area contributed by atoms with Gasteiger partial charge in [-0.15, -0.1) is 0 Å². The molecule has 3 rings (SSSR count). The molecule has 1 atom stereocenters. The van der Waals surface area contributed by atoms with E-state index in [4.69, 9.17) is 0 Å². The average Bonchev–Trinajstić information content (AvgIpc) is 3.13. The van der Waals surface area contributed by atoms with E-state index in [9.17, 15) is 0 Å². The summed E-state index contributed by atoms with van der Waals surface area (Å²) in [5, 5.41) is 0. The van der Waals surface area contributed by atoms with Crippen LogP contribution in [-0.2, 0) is 0 Å². The summed E-state index contributed by atoms with van der Waals surface area (Å²) in [6.07, 6.45) is 23.9. The van der Waals surface area contributed by atoms with Crippen LogP contribution in [0.3, 0.4) is 0 Å². The second-order valence-corrected chi connectivity index (χ2v) is 7.82. The summed E-state index contributed by atoms with van der Waals surface area (Å²) in [4.78, 5) is 0. The Balaban J connectivity index is 1.79. The molecule has 2 saturated carbocycles. The number of hydrogen-bond donors (Lipinski definition) is 0. The Hall–Kier alpha value is -1.30. The quantitative estimate of drug-likeness (QED) is 0.516. The summed E-state index contributed by atoms with van der Waals surface area (Å²) in [6, 6.07) is 0. The maximum absolute atomic E-state index is 2.63. The van der Waals surface area contributed by atoms with Gasteiger partial charge in [0.1, 0.15) is 0 Å². The molecule has 0 aliphatic heterocycles. The minimum atomic E-state index is 0.325. The summed E-state index contributed by atoms with van der Waals surface area (Å²) in [7, 11) is 0. The molecule has 0 spiro atoms. The van der Waals surface area contributed by atoms with Crippen LogP contribution in [0.4, 0.5) is 0 Å². The number of rotatable bonds is 3. The van der Waals surface area contributed by atoms with Crippen molar-refractivity contribution >= 4 is 0 Å². The van der Waals surface area contributed by atoms with Gasteiger partial charge in [0.2, 0.25) is 0 Å². The molecule has 2 fully saturated rings. The van der Waals surface area contributed by atoms with E-state index in [2.05, 4.69) is 51.2 Å². The fraction of sp³-hybridized carbons (Fsp3) is 0.565. The first-order valence-corrected chi connectivity index (χ1v) is 9.56. The highest BCUT2D eigenvalue weighted by Gasteiger charge is 2.27. The highest BCUT2D eigenvalue weighted by molar-refractivity contribution is 5.42. The van der Waals surface area contributed by atoms with E-state index >= 15 is 0 Å². The lowest BCUT2D eigenvalue weighted by molar-refractivity contribution is 0.394. The zero-order valence-corrected chi connectivity index (χ0v) is 15.3. The first-order valence-electron chi connectivity index (χ1n) is 9.56. The molecule has 0 aromatic heterocycles. The third-order valence-electron chi connectivity index (χ3n) is 5.93. The molecular weight excluding hydrogens is 276 g/mol. The Morgan fingerprint density at radius 2 is 1.78 bits per heavy atom. The molecule has 3 aliphatic carbocycles. The third kappa shape index (κ3) is 3.79. The van der Waals surface area contributed by atoms with Crippen molar-refractivity contribution in [2.24, 2.45) is 5.41 Å². The van der Waals surface area contributed by atoms with Gasteiger partial charge in [-0.2, -0.15) is 0 Å². The van der Waals surface area contributed by atoms with Crippen LogP contribution < -0.4 is 0 Å². The zero-order chi connectivity index (χ0) is 16.3. The van der Waals surface area contributed by atoms with Gasteiger partial charge in [-0.05, 0) is 99.3 Å². The Kier molecular flexibility index (Phi) is 5.09. The lowest BCUT2D eigenvalue weighted by atomic mass is 9.78. The van der Waals surface area contributed by atoms with Crippen LogP contribution in [0.1, 0.15) is 78.6 Å². The first kappa shape index (κ1) is 16.6. The molecule has 0 amide bonds. The Labute approximate surface area is 142 Å². The largest absolute Gasteiger partial charge is 0.0844 e. The van der Waals surface area contributed by atoms with Gasteiger partial charge in [0.05, 0.1) is 0 Å². The third-order valence-corrected chi connectivity index (χ3v) is 5.93. The minimum Gasteiger partial charge on any atom is -0.0844 e. The second kappa shape index (κ2) is 7.07. The SMILES string of the molecule is C\C=C(/C=C1/CCC/C1=C/C)CC1(C)C=C2CCCC2=CCC1. The van der Waals surface area contributed by atoms with Crippen molar-refractivity contribution in [1.82, 2.24) is 0 Å². The van der Waals surface area contributed by atoms with E-state index < -0.39 is 0 Å². The van der Waals surface area contributed by atoms with Crippen molar-refractivity contribution in [3.63, 3.8) is 0 Å². The van der Waals surface area contributed by atoms with Crippen LogP contribution in [0.5, 0.6) is 0 Å². The average molecular weight is 309 g/mol. The van der Waals surface area contributed by atoms with E-state index in [-0.39, 0.29) is 0 Å². The molecule has 0 saturated heterocycles. The molecule has 3 aliphatic rings. The van der Waals surface area contributed by atoms with Gasteiger partial charge in [-0.3, -0.25) is 0 Å². The van der Waals surface area contributed by atoms with Crippen molar-refractivity contribution in [2.75, 3.05) is 0 Å². The fourth-order valence-corrected chi connectivity index (χ4v) is 4.61. The van der Waals surface area contributed by atoms with E-state index in [1.165, 1.54) is 63.4 Å². The van der Waals surface area contributed by atoms with Crippen LogP contribution in [0.2, 0.25) is 0 Å². The maximum Gasteiger partial charge on any atom is -0.00974 e. The molecule has 0 radical (unpaired) electrons. The molecule has 124 valence electrons.